The number of fused-ring (bicyclic) bond motifs is 2. The van der Waals surface area contributed by atoms with Crippen LogP contribution in [0.15, 0.2) is 0 Å². The van der Waals surface area contributed by atoms with Crippen molar-refractivity contribution in [3.8, 4) is 0 Å². The number of ketones is 1. The molecule has 0 N–H and O–H groups in total. The average Bonchev–Trinajstić information content (AvgIpc) is 2.39. The summed E-state index contributed by atoms with van der Waals surface area (Å²) in [6.45, 7) is 6.54. The van der Waals surface area contributed by atoms with Gasteiger partial charge in [0.15, 0.2) is 0 Å². The number of carbonyl (C=O) groups excluding carboxylic acids is 1. The molecule has 2 saturated carbocycles. The van der Waals surface area contributed by atoms with Gasteiger partial charge >= 0.3 is 0 Å². The van der Waals surface area contributed by atoms with Crippen LogP contribution < -0.4 is 0 Å². The van der Waals surface area contributed by atoms with Crippen molar-refractivity contribution < 1.29 is 9.53 Å². The number of Topliss-reactive ketones (excluding diaryl/α,β-unsaturated/α-hetero) is 1. The maximum Gasteiger partial charge on any atom is 0.136 e. The third-order valence-electron chi connectivity index (χ3n) is 6.11. The number of hydrogen-bond donors (Lipinski definition) is 0. The molecular weight excluding hydrogens is 236 g/mol. The van der Waals surface area contributed by atoms with Gasteiger partial charge in [0.2, 0.25) is 0 Å². The van der Waals surface area contributed by atoms with Crippen LogP contribution in [0.4, 0.5) is 0 Å². The first-order chi connectivity index (χ1) is 8.99. The fourth-order valence-electron chi connectivity index (χ4n) is 4.67. The molecule has 2 heteroatoms. The SMILES string of the molecule is C[C@@H]1C(=O)C[C@H]2C[C@@H]1[C@H](C1CCCCC1)OC2(C)C. The second kappa shape index (κ2) is 4.87. The van der Waals surface area contributed by atoms with Crippen molar-refractivity contribution in [2.45, 2.75) is 77.4 Å². The van der Waals surface area contributed by atoms with Crippen LogP contribution in [0, 0.1) is 23.7 Å². The second-order valence-electron chi connectivity index (χ2n) is 7.64. The van der Waals surface area contributed by atoms with E-state index in [0.717, 1.165) is 6.42 Å². The highest BCUT2D eigenvalue weighted by Gasteiger charge is 2.51. The molecule has 3 fully saturated rings. The lowest BCUT2D eigenvalue weighted by Crippen LogP contribution is -2.56. The summed E-state index contributed by atoms with van der Waals surface area (Å²) in [5.74, 6) is 2.34. The third-order valence-corrected chi connectivity index (χ3v) is 6.11. The van der Waals surface area contributed by atoms with E-state index in [-0.39, 0.29) is 11.5 Å². The quantitative estimate of drug-likeness (QED) is 0.716. The summed E-state index contributed by atoms with van der Waals surface area (Å²) in [6, 6.07) is 0. The van der Waals surface area contributed by atoms with Gasteiger partial charge in [0.05, 0.1) is 11.7 Å². The van der Waals surface area contributed by atoms with Gasteiger partial charge in [-0.15, -0.1) is 0 Å². The molecule has 0 aromatic heterocycles. The molecule has 0 amide bonds. The fourth-order valence-corrected chi connectivity index (χ4v) is 4.67. The number of hydrogen-bond acceptors (Lipinski definition) is 2. The van der Waals surface area contributed by atoms with Gasteiger partial charge in [-0.25, -0.2) is 0 Å². The van der Waals surface area contributed by atoms with E-state index >= 15 is 0 Å². The average molecular weight is 264 g/mol. The zero-order valence-electron chi connectivity index (χ0n) is 12.7. The Morgan fingerprint density at radius 1 is 1.16 bits per heavy atom. The van der Waals surface area contributed by atoms with E-state index in [9.17, 15) is 4.79 Å². The van der Waals surface area contributed by atoms with E-state index in [0.29, 0.717) is 29.6 Å². The van der Waals surface area contributed by atoms with Crippen LogP contribution in [0.25, 0.3) is 0 Å². The van der Waals surface area contributed by atoms with Gasteiger partial charge in [-0.3, -0.25) is 4.79 Å². The molecule has 0 aromatic carbocycles. The van der Waals surface area contributed by atoms with Crippen molar-refractivity contribution in [3.05, 3.63) is 0 Å². The third kappa shape index (κ3) is 2.37. The normalized spacial score (nSPS) is 43.2. The van der Waals surface area contributed by atoms with Crippen LogP contribution in [0.2, 0.25) is 0 Å². The first-order valence-corrected chi connectivity index (χ1v) is 8.19. The molecule has 0 aromatic rings. The van der Waals surface area contributed by atoms with E-state index in [2.05, 4.69) is 20.8 Å². The molecule has 2 nitrogen and oxygen atoms in total. The summed E-state index contributed by atoms with van der Waals surface area (Å²) in [5.41, 5.74) is -0.103. The van der Waals surface area contributed by atoms with Gasteiger partial charge in [0.1, 0.15) is 5.78 Å². The molecule has 3 rings (SSSR count). The number of carbonyl (C=O) groups is 1. The molecule has 1 heterocycles. The van der Waals surface area contributed by atoms with E-state index in [1.807, 2.05) is 0 Å². The second-order valence-corrected chi connectivity index (χ2v) is 7.64. The minimum atomic E-state index is -0.103. The number of rotatable bonds is 1. The molecule has 4 atom stereocenters. The van der Waals surface area contributed by atoms with E-state index in [4.69, 9.17) is 4.74 Å². The summed E-state index contributed by atoms with van der Waals surface area (Å²) < 4.78 is 6.55. The highest BCUT2D eigenvalue weighted by Crippen LogP contribution is 2.50. The van der Waals surface area contributed by atoms with Gasteiger partial charge in [-0.2, -0.15) is 0 Å². The summed E-state index contributed by atoms with van der Waals surface area (Å²) in [4.78, 5) is 12.3. The van der Waals surface area contributed by atoms with Crippen LogP contribution >= 0.6 is 0 Å². The lowest BCUT2D eigenvalue weighted by molar-refractivity contribution is -0.211. The van der Waals surface area contributed by atoms with Gasteiger partial charge in [-0.1, -0.05) is 26.2 Å². The van der Waals surface area contributed by atoms with Crippen LogP contribution in [0.5, 0.6) is 0 Å². The minimum absolute atomic E-state index is 0.103. The van der Waals surface area contributed by atoms with E-state index < -0.39 is 0 Å². The lowest BCUT2D eigenvalue weighted by Gasteiger charge is -2.53. The molecule has 19 heavy (non-hydrogen) atoms. The Kier molecular flexibility index (Phi) is 3.49. The van der Waals surface area contributed by atoms with Crippen molar-refractivity contribution in [1.82, 2.24) is 0 Å². The zero-order chi connectivity index (χ0) is 13.6. The van der Waals surface area contributed by atoms with Gasteiger partial charge in [0.25, 0.3) is 0 Å². The van der Waals surface area contributed by atoms with Gasteiger partial charge < -0.3 is 4.74 Å². The first kappa shape index (κ1) is 13.6. The van der Waals surface area contributed by atoms with Crippen LogP contribution in [0.1, 0.15) is 65.7 Å². The van der Waals surface area contributed by atoms with Crippen molar-refractivity contribution in [1.29, 1.82) is 0 Å². The monoisotopic (exact) mass is 264 g/mol. The van der Waals surface area contributed by atoms with Crippen molar-refractivity contribution in [3.63, 3.8) is 0 Å². The predicted octanol–water partition coefficient (Wildman–Crippen LogP) is 3.98. The van der Waals surface area contributed by atoms with Gasteiger partial charge in [0, 0.05) is 12.3 Å². The molecule has 1 saturated heterocycles. The summed E-state index contributed by atoms with van der Waals surface area (Å²) >= 11 is 0. The molecule has 2 aliphatic carbocycles. The molecule has 3 aliphatic rings. The summed E-state index contributed by atoms with van der Waals surface area (Å²) in [5, 5.41) is 0. The van der Waals surface area contributed by atoms with Crippen LogP contribution in [-0.2, 0) is 9.53 Å². The highest BCUT2D eigenvalue weighted by molar-refractivity contribution is 5.82. The van der Waals surface area contributed by atoms with E-state index in [1.165, 1.54) is 38.5 Å². The predicted molar refractivity (Wildman–Crippen MR) is 75.9 cm³/mol. The molecule has 0 spiro atoms. The fraction of sp³-hybridized carbons (Fsp3) is 0.941. The Balaban J connectivity index is 1.83. The van der Waals surface area contributed by atoms with Crippen LogP contribution in [0.3, 0.4) is 0 Å². The number of ether oxygens (including phenoxy) is 1. The van der Waals surface area contributed by atoms with Gasteiger partial charge in [-0.05, 0) is 50.9 Å². The lowest BCUT2D eigenvalue weighted by atomic mass is 9.62. The molecule has 1 aliphatic heterocycles. The molecule has 0 radical (unpaired) electrons. The van der Waals surface area contributed by atoms with Crippen molar-refractivity contribution >= 4 is 5.78 Å². The van der Waals surface area contributed by atoms with Crippen molar-refractivity contribution in [2.75, 3.05) is 0 Å². The van der Waals surface area contributed by atoms with E-state index in [1.54, 1.807) is 0 Å². The highest BCUT2D eigenvalue weighted by atomic mass is 16.5. The standard InChI is InChI=1S/C17H28O2/c1-11-14-9-13(10-15(11)18)17(2,3)19-16(14)12-7-5-4-6-8-12/h11-14,16H,4-10H2,1-3H3/t11-,13+,14-,16-/m0/s1. The minimum Gasteiger partial charge on any atom is -0.371 e. The first-order valence-electron chi connectivity index (χ1n) is 8.19. The van der Waals surface area contributed by atoms with Crippen molar-refractivity contribution in [2.24, 2.45) is 23.7 Å². The molecule has 108 valence electrons. The summed E-state index contributed by atoms with van der Waals surface area (Å²) in [7, 11) is 0. The van der Waals surface area contributed by atoms with Crippen LogP contribution in [-0.4, -0.2) is 17.5 Å². The Bertz CT molecular complexity index is 354. The Labute approximate surface area is 117 Å². The molecule has 2 bridgehead atoms. The smallest absolute Gasteiger partial charge is 0.136 e. The molecule has 0 unspecified atom stereocenters. The zero-order valence-corrected chi connectivity index (χ0v) is 12.7. The Morgan fingerprint density at radius 3 is 2.53 bits per heavy atom. The summed E-state index contributed by atoms with van der Waals surface area (Å²) in [6.07, 6.45) is 8.99. The maximum atomic E-state index is 12.3. The molecular formula is C17H28O2. The Hall–Kier alpha value is -0.370. The Morgan fingerprint density at radius 2 is 1.84 bits per heavy atom. The largest absolute Gasteiger partial charge is 0.371 e. The topological polar surface area (TPSA) is 26.3 Å². The maximum absolute atomic E-state index is 12.3.